The second-order valence-electron chi connectivity index (χ2n) is 12.5. The van der Waals surface area contributed by atoms with Crippen molar-refractivity contribution in [2.45, 2.75) is 0 Å². The highest BCUT2D eigenvalue weighted by Gasteiger charge is 2.24. The number of nitrogens with zero attached hydrogens (tertiary/aromatic N) is 1. The highest BCUT2D eigenvalue weighted by atomic mass is 16.3. The van der Waals surface area contributed by atoms with E-state index >= 15 is 0 Å². The second kappa shape index (κ2) is 11.0. The zero-order valence-electron chi connectivity index (χ0n) is 26.5. The van der Waals surface area contributed by atoms with E-state index in [4.69, 9.17) is 8.83 Å². The van der Waals surface area contributed by atoms with Gasteiger partial charge in [-0.15, -0.1) is 0 Å². The van der Waals surface area contributed by atoms with Gasteiger partial charge in [0.1, 0.15) is 22.3 Å². The molecular weight excluding hydrogens is 599 g/mol. The Labute approximate surface area is 282 Å². The summed E-state index contributed by atoms with van der Waals surface area (Å²) in [5.74, 6) is 0. The standard InChI is InChI=1S/C46H29NO2/c1-2-13-31-28-32(25-24-30(31)12-1)34-14-3-7-18-39(34)47(41-20-11-23-45-46(41)37-17-6-10-22-43(37)49-45)40-19-8-4-15-35(40)33-26-27-44-38(29-33)36-16-5-9-21-42(36)48-44/h1-29H. The summed E-state index contributed by atoms with van der Waals surface area (Å²) in [4.78, 5) is 2.42. The summed E-state index contributed by atoms with van der Waals surface area (Å²) in [6, 6.07) is 62.2. The summed E-state index contributed by atoms with van der Waals surface area (Å²) in [5.41, 5.74) is 11.3. The number of fused-ring (bicyclic) bond motifs is 7. The number of anilines is 3. The average molecular weight is 628 g/mol. The maximum Gasteiger partial charge on any atom is 0.137 e. The molecule has 2 aromatic heterocycles. The number of benzene rings is 8. The molecule has 0 aliphatic carbocycles. The van der Waals surface area contributed by atoms with E-state index in [0.29, 0.717) is 0 Å². The fraction of sp³-hybridized carbons (Fsp3) is 0. The van der Waals surface area contributed by atoms with Crippen molar-refractivity contribution in [3.05, 3.63) is 176 Å². The largest absolute Gasteiger partial charge is 0.456 e. The molecule has 49 heavy (non-hydrogen) atoms. The number of hydrogen-bond acceptors (Lipinski definition) is 3. The molecule has 0 saturated heterocycles. The Bertz CT molecular complexity index is 2860. The summed E-state index contributed by atoms with van der Waals surface area (Å²) in [6.45, 7) is 0. The van der Waals surface area contributed by atoms with Crippen LogP contribution >= 0.6 is 0 Å². The maximum absolute atomic E-state index is 6.44. The van der Waals surface area contributed by atoms with Gasteiger partial charge in [-0.1, -0.05) is 121 Å². The van der Waals surface area contributed by atoms with E-state index < -0.39 is 0 Å². The van der Waals surface area contributed by atoms with Crippen molar-refractivity contribution in [3.63, 3.8) is 0 Å². The molecule has 0 fully saturated rings. The molecule has 3 nitrogen and oxygen atoms in total. The van der Waals surface area contributed by atoms with Gasteiger partial charge in [0, 0.05) is 27.3 Å². The van der Waals surface area contributed by atoms with E-state index in [1.165, 1.54) is 10.8 Å². The molecule has 0 N–H and O–H groups in total. The lowest BCUT2D eigenvalue weighted by Crippen LogP contribution is -2.12. The Morgan fingerprint density at radius 3 is 1.65 bits per heavy atom. The average Bonchev–Trinajstić information content (AvgIpc) is 3.74. The van der Waals surface area contributed by atoms with Crippen LogP contribution in [0.4, 0.5) is 17.1 Å². The Balaban J connectivity index is 1.27. The van der Waals surface area contributed by atoms with E-state index in [-0.39, 0.29) is 0 Å². The highest BCUT2D eigenvalue weighted by Crippen LogP contribution is 2.49. The lowest BCUT2D eigenvalue weighted by Gasteiger charge is -2.30. The van der Waals surface area contributed by atoms with Gasteiger partial charge in [0.2, 0.25) is 0 Å². The predicted octanol–water partition coefficient (Wildman–Crippen LogP) is 13.4. The van der Waals surface area contributed by atoms with E-state index in [0.717, 1.165) is 83.2 Å². The molecule has 0 atom stereocenters. The van der Waals surface area contributed by atoms with Gasteiger partial charge >= 0.3 is 0 Å². The first-order valence-electron chi connectivity index (χ1n) is 16.6. The van der Waals surface area contributed by atoms with E-state index in [9.17, 15) is 0 Å². The topological polar surface area (TPSA) is 29.5 Å². The van der Waals surface area contributed by atoms with Crippen LogP contribution < -0.4 is 4.90 Å². The second-order valence-corrected chi connectivity index (χ2v) is 12.5. The Morgan fingerprint density at radius 2 is 0.857 bits per heavy atom. The molecule has 8 aromatic carbocycles. The lowest BCUT2D eigenvalue weighted by atomic mass is 9.96. The van der Waals surface area contributed by atoms with E-state index in [1.807, 2.05) is 24.3 Å². The number of para-hydroxylation sites is 4. The minimum Gasteiger partial charge on any atom is -0.456 e. The minimum absolute atomic E-state index is 0.857. The predicted molar refractivity (Wildman–Crippen MR) is 204 cm³/mol. The van der Waals surface area contributed by atoms with Gasteiger partial charge in [0.25, 0.3) is 0 Å². The summed E-state index contributed by atoms with van der Waals surface area (Å²) < 4.78 is 12.7. The molecule has 0 spiro atoms. The first-order chi connectivity index (χ1) is 24.3. The molecule has 0 amide bonds. The van der Waals surface area contributed by atoms with Crippen molar-refractivity contribution in [3.8, 4) is 22.3 Å². The highest BCUT2D eigenvalue weighted by molar-refractivity contribution is 6.15. The van der Waals surface area contributed by atoms with Gasteiger partial charge in [-0.3, -0.25) is 0 Å². The third-order valence-electron chi connectivity index (χ3n) is 9.66. The normalized spacial score (nSPS) is 11.7. The number of furan rings is 2. The molecule has 0 saturated carbocycles. The van der Waals surface area contributed by atoms with Crippen LogP contribution in [-0.2, 0) is 0 Å². The Kier molecular flexibility index (Phi) is 6.18. The van der Waals surface area contributed by atoms with Crippen LogP contribution in [0.1, 0.15) is 0 Å². The maximum atomic E-state index is 6.44. The SMILES string of the molecule is c1ccc(N(c2ccccc2-c2ccc3oc4ccccc4c3c2)c2cccc3oc4ccccc4c23)c(-c2ccc3ccccc3c2)c1. The summed E-state index contributed by atoms with van der Waals surface area (Å²) in [6.07, 6.45) is 0. The molecule has 0 bridgehead atoms. The monoisotopic (exact) mass is 627 g/mol. The number of hydrogen-bond donors (Lipinski definition) is 0. The molecule has 0 aliphatic rings. The minimum atomic E-state index is 0.857. The lowest BCUT2D eigenvalue weighted by molar-refractivity contribution is 0.668. The van der Waals surface area contributed by atoms with Gasteiger partial charge in [-0.25, -0.2) is 0 Å². The van der Waals surface area contributed by atoms with Crippen LogP contribution in [-0.4, -0.2) is 0 Å². The molecule has 230 valence electrons. The van der Waals surface area contributed by atoms with Crippen molar-refractivity contribution in [1.82, 2.24) is 0 Å². The first-order valence-corrected chi connectivity index (χ1v) is 16.6. The van der Waals surface area contributed by atoms with Crippen LogP contribution in [0.2, 0.25) is 0 Å². The van der Waals surface area contributed by atoms with Crippen LogP contribution in [0.3, 0.4) is 0 Å². The molecule has 0 unspecified atom stereocenters. The summed E-state index contributed by atoms with van der Waals surface area (Å²) >= 11 is 0. The molecule has 10 rings (SSSR count). The van der Waals surface area contributed by atoms with Crippen molar-refractivity contribution in [2.24, 2.45) is 0 Å². The van der Waals surface area contributed by atoms with E-state index in [2.05, 4.69) is 157 Å². The van der Waals surface area contributed by atoms with Crippen molar-refractivity contribution in [2.75, 3.05) is 4.90 Å². The summed E-state index contributed by atoms with van der Waals surface area (Å²) in [7, 11) is 0. The smallest absolute Gasteiger partial charge is 0.137 e. The fourth-order valence-electron chi connectivity index (χ4n) is 7.41. The first kappa shape index (κ1) is 27.5. The molecule has 0 aliphatic heterocycles. The van der Waals surface area contributed by atoms with Crippen LogP contribution in [0.25, 0.3) is 76.9 Å². The Hall–Kier alpha value is -6.58. The van der Waals surface area contributed by atoms with Crippen molar-refractivity contribution in [1.29, 1.82) is 0 Å². The zero-order valence-corrected chi connectivity index (χ0v) is 26.5. The van der Waals surface area contributed by atoms with Crippen LogP contribution in [0.15, 0.2) is 185 Å². The van der Waals surface area contributed by atoms with Gasteiger partial charge in [-0.2, -0.15) is 0 Å². The summed E-state index contributed by atoms with van der Waals surface area (Å²) in [5, 5.41) is 6.83. The van der Waals surface area contributed by atoms with Gasteiger partial charge in [0.15, 0.2) is 0 Å². The van der Waals surface area contributed by atoms with Gasteiger partial charge in [-0.05, 0) is 76.5 Å². The van der Waals surface area contributed by atoms with Crippen LogP contribution in [0, 0.1) is 0 Å². The molecule has 0 radical (unpaired) electrons. The van der Waals surface area contributed by atoms with Crippen molar-refractivity contribution < 1.29 is 8.83 Å². The van der Waals surface area contributed by atoms with E-state index in [1.54, 1.807) is 0 Å². The van der Waals surface area contributed by atoms with Gasteiger partial charge in [0.05, 0.1) is 22.4 Å². The van der Waals surface area contributed by atoms with Crippen LogP contribution in [0.5, 0.6) is 0 Å². The molecule has 10 aromatic rings. The third kappa shape index (κ3) is 4.44. The molecular formula is C46H29NO2. The third-order valence-corrected chi connectivity index (χ3v) is 9.66. The van der Waals surface area contributed by atoms with Gasteiger partial charge < -0.3 is 13.7 Å². The Morgan fingerprint density at radius 1 is 0.327 bits per heavy atom. The molecule has 3 heteroatoms. The van der Waals surface area contributed by atoms with Crippen molar-refractivity contribution >= 4 is 71.7 Å². The zero-order chi connectivity index (χ0) is 32.3. The quantitative estimate of drug-likeness (QED) is 0.190. The molecule has 2 heterocycles. The number of rotatable bonds is 5. The fourth-order valence-corrected chi connectivity index (χ4v) is 7.41.